The molecule has 19 heavy (non-hydrogen) atoms. The molecule has 0 saturated carbocycles. The Morgan fingerprint density at radius 1 is 1.47 bits per heavy atom. The van der Waals surface area contributed by atoms with Gasteiger partial charge in [0.1, 0.15) is 5.82 Å². The maximum Gasteiger partial charge on any atom is 0.307 e. The van der Waals surface area contributed by atoms with Gasteiger partial charge in [0.25, 0.3) is 0 Å². The molecule has 7 heteroatoms. The number of benzene rings is 1. The summed E-state index contributed by atoms with van der Waals surface area (Å²) in [5, 5.41) is 0. The number of esters is 1. The second kappa shape index (κ2) is 5.66. The van der Waals surface area contributed by atoms with Crippen LogP contribution in [0.15, 0.2) is 24.3 Å². The Bertz CT molecular complexity index is 573. The highest BCUT2D eigenvalue weighted by atomic mass is 32.2. The number of rotatable bonds is 5. The maximum absolute atomic E-state index is 13.3. The van der Waals surface area contributed by atoms with Crippen molar-refractivity contribution in [2.75, 3.05) is 13.4 Å². The Kier molecular flexibility index (Phi) is 4.65. The molecule has 1 aromatic carbocycles. The van der Waals surface area contributed by atoms with Crippen molar-refractivity contribution in [2.45, 2.75) is 18.9 Å². The zero-order valence-electron chi connectivity index (χ0n) is 10.9. The predicted molar refractivity (Wildman–Crippen MR) is 68.4 cm³/mol. The second-order valence-electron chi connectivity index (χ2n) is 4.47. The standard InChI is InChI=1S/C12H16FNO4S/c1-12(8-11(15)18-2,14-19(3,16)17)9-5-4-6-10(13)7-9/h4-7,14H,8H2,1-3H3. The van der Waals surface area contributed by atoms with Crippen LogP contribution in [0.4, 0.5) is 4.39 Å². The van der Waals surface area contributed by atoms with Crippen molar-refractivity contribution in [2.24, 2.45) is 0 Å². The molecular weight excluding hydrogens is 273 g/mol. The van der Waals surface area contributed by atoms with E-state index in [-0.39, 0.29) is 6.42 Å². The van der Waals surface area contributed by atoms with Gasteiger partial charge in [-0.3, -0.25) is 4.79 Å². The highest BCUT2D eigenvalue weighted by molar-refractivity contribution is 7.88. The summed E-state index contributed by atoms with van der Waals surface area (Å²) in [5.74, 6) is -1.10. The van der Waals surface area contributed by atoms with Crippen LogP contribution in [-0.2, 0) is 25.1 Å². The van der Waals surface area contributed by atoms with Gasteiger partial charge >= 0.3 is 5.97 Å². The molecule has 0 saturated heterocycles. The summed E-state index contributed by atoms with van der Waals surface area (Å²) in [5.41, 5.74) is -0.911. The fourth-order valence-electron chi connectivity index (χ4n) is 1.80. The van der Waals surface area contributed by atoms with Gasteiger partial charge in [0.15, 0.2) is 0 Å². The number of methoxy groups -OCH3 is 1. The lowest BCUT2D eigenvalue weighted by molar-refractivity contribution is -0.142. The fourth-order valence-corrected chi connectivity index (χ4v) is 2.81. The Labute approximate surface area is 111 Å². The summed E-state index contributed by atoms with van der Waals surface area (Å²) in [6.45, 7) is 1.50. The van der Waals surface area contributed by atoms with E-state index in [0.29, 0.717) is 5.56 Å². The molecule has 0 amide bonds. The number of halogens is 1. The molecule has 1 aromatic rings. The van der Waals surface area contributed by atoms with Crippen LogP contribution in [0.25, 0.3) is 0 Å². The minimum Gasteiger partial charge on any atom is -0.469 e. The van der Waals surface area contributed by atoms with Crippen LogP contribution >= 0.6 is 0 Å². The number of hydrogen-bond donors (Lipinski definition) is 1. The van der Waals surface area contributed by atoms with Crippen LogP contribution in [0.3, 0.4) is 0 Å². The highest BCUT2D eigenvalue weighted by Gasteiger charge is 2.33. The molecule has 1 unspecified atom stereocenters. The maximum atomic E-state index is 13.3. The molecule has 0 bridgehead atoms. The first kappa shape index (κ1) is 15.6. The molecular formula is C12H16FNO4S. The van der Waals surface area contributed by atoms with Gasteiger partial charge in [-0.1, -0.05) is 12.1 Å². The monoisotopic (exact) mass is 289 g/mol. The van der Waals surface area contributed by atoms with Crippen molar-refractivity contribution in [3.05, 3.63) is 35.6 Å². The average Bonchev–Trinajstić information content (AvgIpc) is 2.26. The molecule has 0 fully saturated rings. The summed E-state index contributed by atoms with van der Waals surface area (Å²) < 4.78 is 43.0. The van der Waals surface area contributed by atoms with Crippen LogP contribution in [0, 0.1) is 5.82 Å². The van der Waals surface area contributed by atoms with Gasteiger partial charge in [0.05, 0.1) is 25.3 Å². The molecule has 0 aliphatic carbocycles. The highest BCUT2D eigenvalue weighted by Crippen LogP contribution is 2.26. The molecule has 0 radical (unpaired) electrons. The quantitative estimate of drug-likeness (QED) is 0.825. The third kappa shape index (κ3) is 4.60. The predicted octanol–water partition coefficient (Wildman–Crippen LogP) is 1.15. The molecule has 0 spiro atoms. The van der Waals surface area contributed by atoms with E-state index >= 15 is 0 Å². The Balaban J connectivity index is 3.21. The third-order valence-electron chi connectivity index (χ3n) is 2.60. The second-order valence-corrected chi connectivity index (χ2v) is 6.22. The van der Waals surface area contributed by atoms with Gasteiger partial charge in [0, 0.05) is 0 Å². The summed E-state index contributed by atoms with van der Waals surface area (Å²) in [7, 11) is -2.37. The first-order valence-corrected chi connectivity index (χ1v) is 7.37. The Morgan fingerprint density at radius 2 is 2.11 bits per heavy atom. The van der Waals surface area contributed by atoms with Gasteiger partial charge in [-0.2, -0.15) is 0 Å². The SMILES string of the molecule is COC(=O)CC(C)(NS(C)(=O)=O)c1cccc(F)c1. The van der Waals surface area contributed by atoms with E-state index in [1.54, 1.807) is 6.07 Å². The molecule has 0 aliphatic heterocycles. The first-order chi connectivity index (χ1) is 8.66. The van der Waals surface area contributed by atoms with E-state index in [4.69, 9.17) is 0 Å². The minimum absolute atomic E-state index is 0.236. The number of sulfonamides is 1. The minimum atomic E-state index is -3.58. The van der Waals surface area contributed by atoms with Gasteiger partial charge in [0.2, 0.25) is 10.0 Å². The zero-order valence-corrected chi connectivity index (χ0v) is 11.8. The number of ether oxygens (including phenoxy) is 1. The van der Waals surface area contributed by atoms with Crippen LogP contribution in [0.1, 0.15) is 18.9 Å². The van der Waals surface area contributed by atoms with E-state index in [1.165, 1.54) is 32.2 Å². The lowest BCUT2D eigenvalue weighted by Gasteiger charge is -2.29. The van der Waals surface area contributed by atoms with Crippen molar-refractivity contribution >= 4 is 16.0 Å². The van der Waals surface area contributed by atoms with E-state index in [2.05, 4.69) is 9.46 Å². The van der Waals surface area contributed by atoms with Gasteiger partial charge in [-0.25, -0.2) is 17.5 Å². The lowest BCUT2D eigenvalue weighted by atomic mass is 9.90. The van der Waals surface area contributed by atoms with Crippen molar-refractivity contribution in [1.82, 2.24) is 4.72 Å². The summed E-state index contributed by atoms with van der Waals surface area (Å²) in [6.07, 6.45) is 0.738. The van der Waals surface area contributed by atoms with Crippen molar-refractivity contribution < 1.29 is 22.3 Å². The third-order valence-corrected chi connectivity index (χ3v) is 3.42. The van der Waals surface area contributed by atoms with E-state index < -0.39 is 27.3 Å². The summed E-state index contributed by atoms with van der Waals surface area (Å²) in [4.78, 5) is 11.4. The molecule has 5 nitrogen and oxygen atoms in total. The van der Waals surface area contributed by atoms with Crippen molar-refractivity contribution in [3.8, 4) is 0 Å². The molecule has 106 valence electrons. The van der Waals surface area contributed by atoms with Crippen molar-refractivity contribution in [3.63, 3.8) is 0 Å². The summed E-state index contributed by atoms with van der Waals surface area (Å²) >= 11 is 0. The van der Waals surface area contributed by atoms with Crippen molar-refractivity contribution in [1.29, 1.82) is 0 Å². The normalized spacial score (nSPS) is 14.7. The van der Waals surface area contributed by atoms with Crippen LogP contribution in [0.5, 0.6) is 0 Å². The van der Waals surface area contributed by atoms with Gasteiger partial charge < -0.3 is 4.74 Å². The topological polar surface area (TPSA) is 72.5 Å². The van der Waals surface area contributed by atoms with Crippen LogP contribution < -0.4 is 4.72 Å². The smallest absolute Gasteiger partial charge is 0.307 e. The molecule has 0 heterocycles. The summed E-state index contributed by atoms with van der Waals surface area (Å²) in [6, 6.07) is 5.41. The van der Waals surface area contributed by atoms with Gasteiger partial charge in [-0.15, -0.1) is 0 Å². The molecule has 1 N–H and O–H groups in total. The number of hydrogen-bond acceptors (Lipinski definition) is 4. The van der Waals surface area contributed by atoms with Crippen LogP contribution in [0.2, 0.25) is 0 Å². The zero-order chi connectivity index (χ0) is 14.7. The average molecular weight is 289 g/mol. The lowest BCUT2D eigenvalue weighted by Crippen LogP contribution is -2.44. The number of nitrogens with one attached hydrogen (secondary N) is 1. The number of carbonyl (C=O) groups is 1. The first-order valence-electron chi connectivity index (χ1n) is 5.48. The molecule has 1 atom stereocenters. The van der Waals surface area contributed by atoms with E-state index in [0.717, 1.165) is 6.26 Å². The molecule has 0 aliphatic rings. The van der Waals surface area contributed by atoms with Crippen LogP contribution in [-0.4, -0.2) is 27.8 Å². The Hall–Kier alpha value is -1.47. The van der Waals surface area contributed by atoms with Gasteiger partial charge in [-0.05, 0) is 24.6 Å². The molecule has 0 aromatic heterocycles. The van der Waals surface area contributed by atoms with E-state index in [9.17, 15) is 17.6 Å². The Morgan fingerprint density at radius 3 is 2.58 bits per heavy atom. The fraction of sp³-hybridized carbons (Fsp3) is 0.417. The van der Waals surface area contributed by atoms with E-state index in [1.807, 2.05) is 0 Å². The number of carbonyl (C=O) groups excluding carboxylic acids is 1. The molecule has 1 rings (SSSR count). The largest absolute Gasteiger partial charge is 0.469 e.